The van der Waals surface area contributed by atoms with Gasteiger partial charge in [-0.25, -0.2) is 4.98 Å². The van der Waals surface area contributed by atoms with Crippen molar-refractivity contribution in [2.24, 2.45) is 0 Å². The molecule has 0 amide bonds. The van der Waals surface area contributed by atoms with Gasteiger partial charge in [0.1, 0.15) is 6.33 Å². The van der Waals surface area contributed by atoms with E-state index in [9.17, 15) is 0 Å². The normalized spacial score (nSPS) is 14.2. The highest BCUT2D eigenvalue weighted by atomic mass is 16.3. The largest absolute Gasteiger partial charge is 0.446 e. The number of hydrogen-bond acceptors (Lipinski definition) is 3. The molecule has 0 aliphatic carbocycles. The van der Waals surface area contributed by atoms with Gasteiger partial charge in [-0.15, -0.1) is 0 Å². The first-order valence-corrected chi connectivity index (χ1v) is 4.28. The average molecular weight is 175 g/mol. The summed E-state index contributed by atoms with van der Waals surface area (Å²) >= 11 is 0. The van der Waals surface area contributed by atoms with Crippen LogP contribution in [0, 0.1) is 0 Å². The van der Waals surface area contributed by atoms with Crippen molar-refractivity contribution < 1.29 is 4.42 Å². The van der Waals surface area contributed by atoms with E-state index in [-0.39, 0.29) is 0 Å². The monoisotopic (exact) mass is 175 g/mol. The van der Waals surface area contributed by atoms with Gasteiger partial charge in [-0.05, 0) is 0 Å². The average Bonchev–Trinajstić information content (AvgIpc) is 2.72. The summed E-state index contributed by atoms with van der Waals surface area (Å²) < 4.78 is 7.36. The van der Waals surface area contributed by atoms with Crippen molar-refractivity contribution in [2.75, 3.05) is 11.9 Å². The molecule has 0 fully saturated rings. The van der Waals surface area contributed by atoms with E-state index in [1.165, 1.54) is 5.69 Å². The molecule has 1 N–H and O–H groups in total. The molecule has 2 aromatic rings. The zero-order valence-corrected chi connectivity index (χ0v) is 7.03. The molecule has 2 aromatic heterocycles. The summed E-state index contributed by atoms with van der Waals surface area (Å²) in [4.78, 5) is 4.10. The van der Waals surface area contributed by atoms with Crippen molar-refractivity contribution in [3.8, 4) is 5.88 Å². The van der Waals surface area contributed by atoms with Crippen molar-refractivity contribution in [3.63, 3.8) is 0 Å². The molecule has 0 spiro atoms. The topological polar surface area (TPSA) is 43.0 Å². The maximum Gasteiger partial charge on any atom is 0.228 e. The molecule has 0 bridgehead atoms. The van der Waals surface area contributed by atoms with Crippen LogP contribution in [-0.4, -0.2) is 16.1 Å². The first kappa shape index (κ1) is 6.77. The highest BCUT2D eigenvalue weighted by Crippen LogP contribution is 2.25. The summed E-state index contributed by atoms with van der Waals surface area (Å²) in [6, 6.07) is 1.93. The quantitative estimate of drug-likeness (QED) is 0.658. The van der Waals surface area contributed by atoms with E-state index < -0.39 is 0 Å². The van der Waals surface area contributed by atoms with Gasteiger partial charge in [0.05, 0.1) is 12.0 Å². The van der Waals surface area contributed by atoms with E-state index in [4.69, 9.17) is 4.42 Å². The molecule has 0 aromatic carbocycles. The molecule has 1 aliphatic heterocycles. The maximum atomic E-state index is 5.38. The number of aromatic nitrogens is 2. The van der Waals surface area contributed by atoms with Crippen molar-refractivity contribution in [1.29, 1.82) is 0 Å². The number of imidazole rings is 1. The summed E-state index contributed by atoms with van der Waals surface area (Å²) in [5.74, 6) is 0.838. The van der Waals surface area contributed by atoms with Gasteiger partial charge >= 0.3 is 0 Å². The summed E-state index contributed by atoms with van der Waals surface area (Å²) in [6.07, 6.45) is 6.32. The summed E-state index contributed by atoms with van der Waals surface area (Å²) in [5, 5.41) is 3.30. The minimum atomic E-state index is 0.838. The maximum absolute atomic E-state index is 5.38. The molecule has 0 saturated heterocycles. The third-order valence-corrected chi connectivity index (χ3v) is 2.28. The van der Waals surface area contributed by atoms with Crippen LogP contribution in [0.15, 0.2) is 29.3 Å². The zero-order chi connectivity index (χ0) is 8.67. The standard InChI is InChI=1S/C9H9N3O/c1-3-11-8-2-4-13-9(8)12-6-10-5-7(1)12/h2,4-6,11H,1,3H2. The van der Waals surface area contributed by atoms with Crippen molar-refractivity contribution in [1.82, 2.24) is 9.55 Å². The van der Waals surface area contributed by atoms with Crippen LogP contribution < -0.4 is 5.32 Å². The number of rotatable bonds is 0. The molecule has 0 saturated carbocycles. The molecule has 3 rings (SSSR count). The summed E-state index contributed by atoms with van der Waals surface area (Å²) in [5.41, 5.74) is 2.22. The second kappa shape index (κ2) is 2.39. The van der Waals surface area contributed by atoms with Gasteiger partial charge in [0.2, 0.25) is 5.88 Å². The first-order valence-electron chi connectivity index (χ1n) is 4.28. The lowest BCUT2D eigenvalue weighted by atomic mass is 10.3. The van der Waals surface area contributed by atoms with Crippen LogP contribution in [0.1, 0.15) is 5.69 Å². The van der Waals surface area contributed by atoms with Crippen LogP contribution in [0.4, 0.5) is 5.69 Å². The highest BCUT2D eigenvalue weighted by Gasteiger charge is 2.15. The Kier molecular flexibility index (Phi) is 1.24. The summed E-state index contributed by atoms with van der Waals surface area (Å²) in [6.45, 7) is 0.929. The Balaban J connectivity index is 2.27. The Morgan fingerprint density at radius 3 is 3.54 bits per heavy atom. The fourth-order valence-corrected chi connectivity index (χ4v) is 1.64. The van der Waals surface area contributed by atoms with E-state index in [2.05, 4.69) is 10.3 Å². The molecule has 4 heteroatoms. The Labute approximate surface area is 75.2 Å². The lowest BCUT2D eigenvalue weighted by Crippen LogP contribution is -2.01. The molecular weight excluding hydrogens is 166 g/mol. The summed E-state index contributed by atoms with van der Waals surface area (Å²) in [7, 11) is 0. The second-order valence-electron chi connectivity index (χ2n) is 3.07. The fourth-order valence-electron chi connectivity index (χ4n) is 1.64. The van der Waals surface area contributed by atoms with Crippen molar-refractivity contribution >= 4 is 5.69 Å². The predicted molar refractivity (Wildman–Crippen MR) is 48.0 cm³/mol. The number of anilines is 1. The second-order valence-corrected chi connectivity index (χ2v) is 3.07. The minimum absolute atomic E-state index is 0.838. The van der Waals surface area contributed by atoms with E-state index in [1.807, 2.05) is 16.8 Å². The molecule has 66 valence electrons. The fraction of sp³-hybridized carbons (Fsp3) is 0.222. The number of nitrogens with one attached hydrogen (secondary N) is 1. The van der Waals surface area contributed by atoms with Gasteiger partial charge in [0.15, 0.2) is 0 Å². The van der Waals surface area contributed by atoms with Crippen LogP contribution in [0.3, 0.4) is 0 Å². The van der Waals surface area contributed by atoms with Crippen LogP contribution in [0.5, 0.6) is 0 Å². The Morgan fingerprint density at radius 1 is 1.54 bits per heavy atom. The van der Waals surface area contributed by atoms with E-state index in [0.717, 1.165) is 24.5 Å². The Hall–Kier alpha value is -1.71. The predicted octanol–water partition coefficient (Wildman–Crippen LogP) is 1.43. The minimum Gasteiger partial charge on any atom is -0.446 e. The van der Waals surface area contributed by atoms with Crippen molar-refractivity contribution in [3.05, 3.63) is 30.5 Å². The van der Waals surface area contributed by atoms with Gasteiger partial charge in [-0.3, -0.25) is 4.57 Å². The van der Waals surface area contributed by atoms with Crippen LogP contribution in [0.25, 0.3) is 5.88 Å². The van der Waals surface area contributed by atoms with Gasteiger partial charge in [0.25, 0.3) is 0 Å². The van der Waals surface area contributed by atoms with Gasteiger partial charge in [0, 0.05) is 30.9 Å². The molecule has 4 nitrogen and oxygen atoms in total. The van der Waals surface area contributed by atoms with Gasteiger partial charge < -0.3 is 9.73 Å². The van der Waals surface area contributed by atoms with Gasteiger partial charge in [-0.2, -0.15) is 0 Å². The molecular formula is C9H9N3O. The third-order valence-electron chi connectivity index (χ3n) is 2.28. The SMILES string of the molecule is c1cc2c(o1)-n1cncc1CCN2. The number of hydrogen-bond donors (Lipinski definition) is 1. The Bertz CT molecular complexity index is 389. The molecule has 0 unspecified atom stereocenters. The van der Waals surface area contributed by atoms with Gasteiger partial charge in [-0.1, -0.05) is 0 Å². The lowest BCUT2D eigenvalue weighted by Gasteiger charge is -2.00. The van der Waals surface area contributed by atoms with E-state index >= 15 is 0 Å². The first-order chi connectivity index (χ1) is 6.45. The van der Waals surface area contributed by atoms with E-state index in [1.54, 1.807) is 12.6 Å². The van der Waals surface area contributed by atoms with Crippen LogP contribution in [-0.2, 0) is 6.42 Å². The molecule has 0 radical (unpaired) electrons. The smallest absolute Gasteiger partial charge is 0.228 e. The molecule has 1 aliphatic rings. The number of furan rings is 1. The van der Waals surface area contributed by atoms with Crippen LogP contribution >= 0.6 is 0 Å². The lowest BCUT2D eigenvalue weighted by molar-refractivity contribution is 0.536. The zero-order valence-electron chi connectivity index (χ0n) is 7.03. The number of fused-ring (bicyclic) bond motifs is 3. The molecule has 3 heterocycles. The molecule has 13 heavy (non-hydrogen) atoms. The Morgan fingerprint density at radius 2 is 2.54 bits per heavy atom. The third kappa shape index (κ3) is 0.884. The van der Waals surface area contributed by atoms with Crippen molar-refractivity contribution in [2.45, 2.75) is 6.42 Å². The van der Waals surface area contributed by atoms with Crippen LogP contribution in [0.2, 0.25) is 0 Å². The van der Waals surface area contributed by atoms with E-state index in [0.29, 0.717) is 0 Å². The highest BCUT2D eigenvalue weighted by molar-refractivity contribution is 5.57. The molecule has 0 atom stereocenters. The number of nitrogens with zero attached hydrogens (tertiary/aromatic N) is 2.